The van der Waals surface area contributed by atoms with E-state index < -0.39 is 0 Å². The molecule has 0 fully saturated rings. The van der Waals surface area contributed by atoms with Gasteiger partial charge in [0.15, 0.2) is 0 Å². The summed E-state index contributed by atoms with van der Waals surface area (Å²) in [6, 6.07) is 5.01. The first-order valence-electron chi connectivity index (χ1n) is 7.59. The second-order valence-electron chi connectivity index (χ2n) is 5.36. The lowest BCUT2D eigenvalue weighted by molar-refractivity contribution is -0.0487. The van der Waals surface area contributed by atoms with Crippen LogP contribution in [0.25, 0.3) is 0 Å². The Morgan fingerprint density at radius 3 is 2.40 bits per heavy atom. The topological polar surface area (TPSA) is 21.3 Å². The maximum atomic E-state index is 13.7. The van der Waals surface area contributed by atoms with Crippen molar-refractivity contribution < 1.29 is 9.13 Å². The van der Waals surface area contributed by atoms with Crippen molar-refractivity contribution in [1.82, 2.24) is 5.32 Å². The van der Waals surface area contributed by atoms with Crippen molar-refractivity contribution >= 4 is 0 Å². The van der Waals surface area contributed by atoms with Gasteiger partial charge in [0.05, 0.1) is 11.6 Å². The van der Waals surface area contributed by atoms with Crippen LogP contribution in [0.3, 0.4) is 0 Å². The van der Waals surface area contributed by atoms with Crippen molar-refractivity contribution in [2.75, 3.05) is 13.7 Å². The van der Waals surface area contributed by atoms with E-state index >= 15 is 0 Å². The largest absolute Gasteiger partial charge is 0.376 e. The third-order valence-corrected chi connectivity index (χ3v) is 4.28. The molecule has 20 heavy (non-hydrogen) atoms. The number of hydrogen-bond donors (Lipinski definition) is 1. The van der Waals surface area contributed by atoms with E-state index in [1.807, 2.05) is 13.0 Å². The van der Waals surface area contributed by atoms with Crippen LogP contribution in [0.15, 0.2) is 18.2 Å². The quantitative estimate of drug-likeness (QED) is 0.763. The highest BCUT2D eigenvalue weighted by Gasteiger charge is 2.37. The second kappa shape index (κ2) is 7.75. The molecule has 1 unspecified atom stereocenters. The Morgan fingerprint density at radius 1 is 1.25 bits per heavy atom. The molecule has 2 nitrogen and oxygen atoms in total. The zero-order valence-corrected chi connectivity index (χ0v) is 13.4. The number of aryl methyl sites for hydroxylation is 1. The molecule has 1 atom stereocenters. The molecule has 0 aliphatic heterocycles. The maximum absolute atomic E-state index is 13.7. The van der Waals surface area contributed by atoms with Crippen LogP contribution >= 0.6 is 0 Å². The van der Waals surface area contributed by atoms with Crippen LogP contribution in [-0.4, -0.2) is 19.3 Å². The molecule has 0 radical (unpaired) electrons. The molecule has 0 aliphatic rings. The predicted octanol–water partition coefficient (Wildman–Crippen LogP) is 4.38. The molecular weight excluding hydrogens is 253 g/mol. The van der Waals surface area contributed by atoms with Crippen LogP contribution in [-0.2, 0) is 4.74 Å². The Hall–Kier alpha value is -0.930. The lowest BCUT2D eigenvalue weighted by Crippen LogP contribution is -2.45. The van der Waals surface area contributed by atoms with E-state index in [2.05, 4.69) is 26.1 Å². The highest BCUT2D eigenvalue weighted by molar-refractivity contribution is 5.32. The summed E-state index contributed by atoms with van der Waals surface area (Å²) in [4.78, 5) is 0. The SMILES string of the molecule is CCCNC(c1cc(F)ccc1C)C(CC)(CC)OC. The molecule has 0 saturated heterocycles. The van der Waals surface area contributed by atoms with E-state index in [1.165, 1.54) is 6.07 Å². The van der Waals surface area contributed by atoms with Crippen molar-refractivity contribution in [2.24, 2.45) is 0 Å². The molecule has 0 heterocycles. The summed E-state index contributed by atoms with van der Waals surface area (Å²) in [5.74, 6) is -0.189. The van der Waals surface area contributed by atoms with Crippen LogP contribution in [0.2, 0.25) is 0 Å². The minimum absolute atomic E-state index is 0.0122. The summed E-state index contributed by atoms with van der Waals surface area (Å²) >= 11 is 0. The fraction of sp³-hybridized carbons (Fsp3) is 0.647. The number of halogens is 1. The Balaban J connectivity index is 3.26. The smallest absolute Gasteiger partial charge is 0.123 e. The summed E-state index contributed by atoms with van der Waals surface area (Å²) in [5, 5.41) is 3.56. The molecule has 0 bridgehead atoms. The first-order valence-corrected chi connectivity index (χ1v) is 7.59. The van der Waals surface area contributed by atoms with Crippen molar-refractivity contribution in [3.8, 4) is 0 Å². The fourth-order valence-electron chi connectivity index (χ4n) is 2.86. The molecule has 0 amide bonds. The molecule has 0 aromatic heterocycles. The first kappa shape index (κ1) is 17.1. The summed E-state index contributed by atoms with van der Waals surface area (Å²) in [5.41, 5.74) is 1.81. The van der Waals surface area contributed by atoms with Crippen LogP contribution in [0, 0.1) is 12.7 Å². The minimum atomic E-state index is -0.298. The van der Waals surface area contributed by atoms with Gasteiger partial charge in [0.1, 0.15) is 5.82 Å². The number of methoxy groups -OCH3 is 1. The van der Waals surface area contributed by atoms with E-state index in [-0.39, 0.29) is 17.5 Å². The minimum Gasteiger partial charge on any atom is -0.376 e. The summed E-state index contributed by atoms with van der Waals surface area (Å²) < 4.78 is 19.5. The maximum Gasteiger partial charge on any atom is 0.123 e. The summed E-state index contributed by atoms with van der Waals surface area (Å²) in [7, 11) is 1.75. The van der Waals surface area contributed by atoms with Crippen LogP contribution in [0.5, 0.6) is 0 Å². The van der Waals surface area contributed by atoms with Gasteiger partial charge in [-0.1, -0.05) is 26.8 Å². The Bertz CT molecular complexity index is 407. The number of rotatable bonds is 8. The number of ether oxygens (including phenoxy) is 1. The Morgan fingerprint density at radius 2 is 1.90 bits per heavy atom. The van der Waals surface area contributed by atoms with Gasteiger partial charge in [0.2, 0.25) is 0 Å². The van der Waals surface area contributed by atoms with Crippen LogP contribution < -0.4 is 5.32 Å². The molecule has 1 aromatic rings. The van der Waals surface area contributed by atoms with Crippen molar-refractivity contribution in [2.45, 2.75) is 58.6 Å². The average Bonchev–Trinajstić information content (AvgIpc) is 2.47. The van der Waals surface area contributed by atoms with E-state index in [0.29, 0.717) is 0 Å². The number of benzene rings is 1. The summed E-state index contributed by atoms with van der Waals surface area (Å²) in [6.45, 7) is 9.31. The fourth-order valence-corrected chi connectivity index (χ4v) is 2.86. The highest BCUT2D eigenvalue weighted by atomic mass is 19.1. The van der Waals surface area contributed by atoms with E-state index in [0.717, 1.165) is 36.9 Å². The lowest BCUT2D eigenvalue weighted by atomic mass is 9.82. The van der Waals surface area contributed by atoms with Gasteiger partial charge in [0.25, 0.3) is 0 Å². The van der Waals surface area contributed by atoms with Crippen molar-refractivity contribution in [3.05, 3.63) is 35.1 Å². The van der Waals surface area contributed by atoms with E-state index in [1.54, 1.807) is 13.2 Å². The highest BCUT2D eigenvalue weighted by Crippen LogP contribution is 2.36. The Kier molecular flexibility index (Phi) is 6.63. The lowest BCUT2D eigenvalue weighted by Gasteiger charge is -2.40. The van der Waals surface area contributed by atoms with Crippen molar-refractivity contribution in [3.63, 3.8) is 0 Å². The monoisotopic (exact) mass is 281 g/mol. The average molecular weight is 281 g/mol. The van der Waals surface area contributed by atoms with Gasteiger partial charge in [0, 0.05) is 7.11 Å². The third-order valence-electron chi connectivity index (χ3n) is 4.28. The van der Waals surface area contributed by atoms with Gasteiger partial charge in [-0.2, -0.15) is 0 Å². The number of nitrogens with one attached hydrogen (secondary N) is 1. The van der Waals surface area contributed by atoms with Crippen molar-refractivity contribution in [1.29, 1.82) is 0 Å². The molecule has 1 aromatic carbocycles. The van der Waals surface area contributed by atoms with Gasteiger partial charge < -0.3 is 10.1 Å². The van der Waals surface area contributed by atoms with E-state index in [9.17, 15) is 4.39 Å². The number of hydrogen-bond acceptors (Lipinski definition) is 2. The van der Waals surface area contributed by atoms with Gasteiger partial charge in [-0.25, -0.2) is 4.39 Å². The summed E-state index contributed by atoms with van der Waals surface area (Å²) in [6.07, 6.45) is 2.81. The van der Waals surface area contributed by atoms with Gasteiger partial charge in [-0.3, -0.25) is 0 Å². The normalized spacial score (nSPS) is 13.5. The predicted molar refractivity (Wildman–Crippen MR) is 82.5 cm³/mol. The molecule has 0 spiro atoms. The van der Waals surface area contributed by atoms with Gasteiger partial charge in [-0.15, -0.1) is 0 Å². The van der Waals surface area contributed by atoms with Gasteiger partial charge in [-0.05, 0) is 56.0 Å². The standard InChI is InChI=1S/C17H28FNO/c1-6-11-19-16(17(7-2,8-3)20-5)15-12-14(18)10-9-13(15)4/h9-10,12,16,19H,6-8,11H2,1-5H3. The zero-order chi connectivity index (χ0) is 15.2. The van der Waals surface area contributed by atoms with Gasteiger partial charge >= 0.3 is 0 Å². The molecule has 1 N–H and O–H groups in total. The van der Waals surface area contributed by atoms with Crippen LogP contribution in [0.4, 0.5) is 4.39 Å². The first-order chi connectivity index (χ1) is 9.54. The third kappa shape index (κ3) is 3.58. The van der Waals surface area contributed by atoms with E-state index in [4.69, 9.17) is 4.74 Å². The molecular formula is C17H28FNO. The Labute approximate surface area is 122 Å². The molecule has 3 heteroatoms. The second-order valence-corrected chi connectivity index (χ2v) is 5.36. The molecule has 0 aliphatic carbocycles. The molecule has 1 rings (SSSR count). The molecule has 114 valence electrons. The molecule has 0 saturated carbocycles. The van der Waals surface area contributed by atoms with Crippen LogP contribution in [0.1, 0.15) is 57.2 Å². The zero-order valence-electron chi connectivity index (χ0n) is 13.4.